The Labute approximate surface area is 123 Å². The maximum Gasteiger partial charge on any atom is 0.183 e. The highest BCUT2D eigenvalue weighted by Gasteiger charge is 2.69. The summed E-state index contributed by atoms with van der Waals surface area (Å²) < 4.78 is 0. The minimum atomic E-state index is -1.82. The maximum atomic E-state index is 12.9. The number of fused-ring (bicyclic) bond motifs is 4. The first-order valence-electron chi connectivity index (χ1n) is 7.04. The summed E-state index contributed by atoms with van der Waals surface area (Å²) in [6.07, 6.45) is 0.380. The topological polar surface area (TPSA) is 87.5 Å². The van der Waals surface area contributed by atoms with Gasteiger partial charge in [0.1, 0.15) is 5.41 Å². The number of carbonyl (C=O) groups is 2. The second kappa shape index (κ2) is 3.78. The number of carbonyl (C=O) groups excluding carboxylic acids is 2. The average Bonchev–Trinajstić information content (AvgIpc) is 2.41. The van der Waals surface area contributed by atoms with Gasteiger partial charge in [0.25, 0.3) is 0 Å². The smallest absolute Gasteiger partial charge is 0.183 e. The van der Waals surface area contributed by atoms with Gasteiger partial charge < -0.3 is 10.2 Å². The van der Waals surface area contributed by atoms with Crippen molar-refractivity contribution in [3.63, 3.8) is 0 Å². The Balaban J connectivity index is 2.39. The van der Waals surface area contributed by atoms with Crippen LogP contribution < -0.4 is 0 Å². The lowest BCUT2D eigenvalue weighted by Gasteiger charge is -2.56. The third-order valence-electron chi connectivity index (χ3n) is 5.63. The van der Waals surface area contributed by atoms with Gasteiger partial charge in [-0.2, -0.15) is 0 Å². The van der Waals surface area contributed by atoms with E-state index < -0.39 is 28.3 Å². The minimum absolute atomic E-state index is 0.0991. The molecule has 1 heterocycles. The molecule has 0 saturated heterocycles. The number of aliphatic hydroxyl groups is 2. The molecule has 1 aromatic heterocycles. The molecule has 2 N–H and O–H groups in total. The van der Waals surface area contributed by atoms with Crippen molar-refractivity contribution in [2.45, 2.75) is 45.8 Å². The molecule has 2 aliphatic carbocycles. The van der Waals surface area contributed by atoms with Crippen LogP contribution >= 0.6 is 0 Å². The Bertz CT molecular complexity index is 681. The Morgan fingerprint density at radius 1 is 1.29 bits per heavy atom. The third-order valence-corrected chi connectivity index (χ3v) is 5.63. The summed E-state index contributed by atoms with van der Waals surface area (Å²) in [6.45, 7) is 6.64. The number of nitrogens with zero attached hydrogens (tertiary/aromatic N) is 1. The molecule has 2 aliphatic rings. The summed E-state index contributed by atoms with van der Waals surface area (Å²) in [5.74, 6) is -0.892. The molecule has 1 saturated carbocycles. The van der Waals surface area contributed by atoms with E-state index in [1.54, 1.807) is 26.8 Å². The molecule has 0 aromatic carbocycles. The van der Waals surface area contributed by atoms with E-state index in [2.05, 4.69) is 4.98 Å². The Hall–Kier alpha value is -1.59. The Kier molecular flexibility index (Phi) is 2.58. The normalized spacial score (nSPS) is 37.3. The van der Waals surface area contributed by atoms with Crippen LogP contribution in [0.1, 0.15) is 48.8 Å². The molecule has 3 atom stereocenters. The van der Waals surface area contributed by atoms with Crippen LogP contribution in [0.4, 0.5) is 0 Å². The van der Waals surface area contributed by atoms with Gasteiger partial charge in [-0.3, -0.25) is 14.6 Å². The van der Waals surface area contributed by atoms with Gasteiger partial charge in [-0.1, -0.05) is 13.8 Å². The van der Waals surface area contributed by atoms with Crippen molar-refractivity contribution in [2.24, 2.45) is 10.8 Å². The standard InChI is InChI=1S/C16H19NO4/c1-8-5-10-9(7-17-8)12(19)15(4)13(20)16(10,21)6-11(18)14(15,2)3/h5,7,11,18,21H,6H2,1-4H3. The number of aliphatic hydroxyl groups excluding tert-OH is 1. The second-order valence-electron chi connectivity index (χ2n) is 6.96. The van der Waals surface area contributed by atoms with Crippen LogP contribution in [0.5, 0.6) is 0 Å². The van der Waals surface area contributed by atoms with Crippen molar-refractivity contribution < 1.29 is 19.8 Å². The molecule has 0 amide bonds. The van der Waals surface area contributed by atoms with Gasteiger partial charge in [-0.25, -0.2) is 0 Å². The quantitative estimate of drug-likeness (QED) is 0.699. The van der Waals surface area contributed by atoms with Gasteiger partial charge in [-0.15, -0.1) is 0 Å². The molecule has 0 radical (unpaired) electrons. The van der Waals surface area contributed by atoms with Crippen molar-refractivity contribution in [1.82, 2.24) is 4.98 Å². The molecular formula is C16H19NO4. The molecule has 1 aromatic rings. The van der Waals surface area contributed by atoms with E-state index in [4.69, 9.17) is 0 Å². The van der Waals surface area contributed by atoms with Crippen LogP contribution in [-0.4, -0.2) is 32.9 Å². The summed E-state index contributed by atoms with van der Waals surface area (Å²) in [6, 6.07) is 1.57. The van der Waals surface area contributed by atoms with Crippen molar-refractivity contribution in [3.8, 4) is 0 Å². The second-order valence-corrected chi connectivity index (χ2v) is 6.96. The highest BCUT2D eigenvalue weighted by atomic mass is 16.3. The molecule has 3 rings (SSSR count). The molecule has 3 unspecified atom stereocenters. The summed E-state index contributed by atoms with van der Waals surface area (Å²) in [5.41, 5.74) is -3.05. The number of Topliss-reactive ketones (excluding diaryl/α,β-unsaturated/α-hetero) is 2. The van der Waals surface area contributed by atoms with Gasteiger partial charge in [0.2, 0.25) is 0 Å². The summed E-state index contributed by atoms with van der Waals surface area (Å²) in [4.78, 5) is 29.9. The van der Waals surface area contributed by atoms with E-state index in [0.29, 0.717) is 5.69 Å². The molecule has 1 fully saturated rings. The van der Waals surface area contributed by atoms with E-state index in [0.717, 1.165) is 0 Å². The lowest BCUT2D eigenvalue weighted by Crippen LogP contribution is -2.68. The van der Waals surface area contributed by atoms with Crippen LogP contribution in [0.2, 0.25) is 0 Å². The third kappa shape index (κ3) is 1.40. The maximum absolute atomic E-state index is 12.9. The molecular weight excluding hydrogens is 270 g/mol. The molecule has 5 heteroatoms. The SMILES string of the molecule is Cc1cc2c(cn1)C(=O)C1(C)C(=O)C2(O)CC(O)C1(C)C. The Morgan fingerprint density at radius 3 is 2.52 bits per heavy atom. The summed E-state index contributed by atoms with van der Waals surface area (Å²) >= 11 is 0. The number of hydrogen-bond acceptors (Lipinski definition) is 5. The van der Waals surface area contributed by atoms with Crippen molar-refractivity contribution in [2.75, 3.05) is 0 Å². The molecule has 0 aliphatic heterocycles. The van der Waals surface area contributed by atoms with Crippen molar-refractivity contribution in [1.29, 1.82) is 0 Å². The van der Waals surface area contributed by atoms with Crippen LogP contribution in [0.15, 0.2) is 12.3 Å². The van der Waals surface area contributed by atoms with Gasteiger partial charge in [0.15, 0.2) is 17.2 Å². The summed E-state index contributed by atoms with van der Waals surface area (Å²) in [5, 5.41) is 21.4. The van der Waals surface area contributed by atoms with E-state index in [9.17, 15) is 19.8 Å². The van der Waals surface area contributed by atoms with Crippen molar-refractivity contribution >= 4 is 11.6 Å². The molecule has 0 spiro atoms. The molecule has 2 bridgehead atoms. The zero-order valence-electron chi connectivity index (χ0n) is 12.6. The van der Waals surface area contributed by atoms with Gasteiger partial charge in [0, 0.05) is 34.9 Å². The average molecular weight is 289 g/mol. The number of ketones is 2. The number of aryl methyl sites for hydroxylation is 1. The predicted molar refractivity (Wildman–Crippen MR) is 74.7 cm³/mol. The van der Waals surface area contributed by atoms with Crippen molar-refractivity contribution in [3.05, 3.63) is 29.1 Å². The fourth-order valence-electron chi connectivity index (χ4n) is 3.65. The Morgan fingerprint density at radius 2 is 1.90 bits per heavy atom. The van der Waals surface area contributed by atoms with Crippen LogP contribution in [-0.2, 0) is 10.4 Å². The fourth-order valence-corrected chi connectivity index (χ4v) is 3.65. The number of aromatic nitrogens is 1. The van der Waals surface area contributed by atoms with Crippen LogP contribution in [0.25, 0.3) is 0 Å². The van der Waals surface area contributed by atoms with Crippen LogP contribution in [0.3, 0.4) is 0 Å². The summed E-state index contributed by atoms with van der Waals surface area (Å²) in [7, 11) is 0. The lowest BCUT2D eigenvalue weighted by molar-refractivity contribution is -0.181. The number of hydrogen-bond donors (Lipinski definition) is 2. The first kappa shape index (κ1) is 14.4. The largest absolute Gasteiger partial charge is 0.392 e. The lowest BCUT2D eigenvalue weighted by atomic mass is 9.47. The number of pyridine rings is 1. The van der Waals surface area contributed by atoms with E-state index in [1.165, 1.54) is 13.1 Å². The van der Waals surface area contributed by atoms with E-state index in [1.807, 2.05) is 0 Å². The monoisotopic (exact) mass is 289 g/mol. The first-order chi connectivity index (χ1) is 9.56. The van der Waals surface area contributed by atoms with Gasteiger partial charge in [0.05, 0.1) is 6.10 Å². The zero-order chi connectivity index (χ0) is 15.8. The predicted octanol–water partition coefficient (Wildman–Crippen LogP) is 1.14. The highest BCUT2D eigenvalue weighted by molar-refractivity contribution is 6.22. The zero-order valence-corrected chi connectivity index (χ0v) is 12.6. The first-order valence-corrected chi connectivity index (χ1v) is 7.04. The number of rotatable bonds is 0. The van der Waals surface area contributed by atoms with Crippen LogP contribution in [0, 0.1) is 17.8 Å². The van der Waals surface area contributed by atoms with E-state index in [-0.39, 0.29) is 23.3 Å². The fraction of sp³-hybridized carbons (Fsp3) is 0.562. The van der Waals surface area contributed by atoms with Gasteiger partial charge in [-0.05, 0) is 19.9 Å². The minimum Gasteiger partial charge on any atom is -0.392 e. The highest BCUT2D eigenvalue weighted by Crippen LogP contribution is 2.58. The van der Waals surface area contributed by atoms with E-state index >= 15 is 0 Å². The molecule has 21 heavy (non-hydrogen) atoms. The molecule has 112 valence electrons. The molecule has 5 nitrogen and oxygen atoms in total. The van der Waals surface area contributed by atoms with Gasteiger partial charge >= 0.3 is 0 Å².